The normalized spacial score (nSPS) is 10.7. The smallest absolute Gasteiger partial charge is 0.360 e. The quantitative estimate of drug-likeness (QED) is 0.741. The fraction of sp³-hybridized carbons (Fsp3) is 0.571. The van der Waals surface area contributed by atoms with Crippen molar-refractivity contribution in [3.05, 3.63) is 11.4 Å². The number of nitrogens with one attached hydrogen (secondary N) is 1. The first-order valence-corrected chi connectivity index (χ1v) is 4.11. The molecule has 1 N–H and O–H groups in total. The Hall–Kier alpha value is -1.57. The van der Waals surface area contributed by atoms with Gasteiger partial charge in [-0.1, -0.05) is 0 Å². The maximum Gasteiger partial charge on any atom is 0.360 e. The fourth-order valence-electron chi connectivity index (χ4n) is 0.858. The third-order valence-corrected chi connectivity index (χ3v) is 1.43. The maximum atomic E-state index is 11.7. The van der Waals surface area contributed by atoms with Gasteiger partial charge in [0.05, 0.1) is 13.2 Å². The minimum Gasteiger partial charge on any atom is -0.461 e. The average Bonchev–Trinajstić information content (AvgIpc) is 2.62. The number of H-pyrrole nitrogens is 1. The summed E-state index contributed by atoms with van der Waals surface area (Å²) in [5.74, 6) is -0.723. The summed E-state index contributed by atoms with van der Waals surface area (Å²) in [6.07, 6.45) is 0. The second-order valence-electron chi connectivity index (χ2n) is 2.41. The molecule has 0 radical (unpaired) electrons. The Morgan fingerprint density at radius 3 is 2.87 bits per heavy atom. The molecule has 0 atom stereocenters. The summed E-state index contributed by atoms with van der Waals surface area (Å²) in [4.78, 5) is 11.2. The Morgan fingerprint density at radius 2 is 2.27 bits per heavy atom. The lowest BCUT2D eigenvalue weighted by molar-refractivity contribution is -0.138. The number of nitrogens with zero attached hydrogens (tertiary/aromatic N) is 2. The fourth-order valence-corrected chi connectivity index (χ4v) is 0.858. The third kappa shape index (κ3) is 3.24. The Labute approximate surface area is 83.6 Å². The molecule has 0 bridgehead atoms. The standard InChI is InChI=1S/C7H9F2N3O3/c1-2-14-6(13)5-4(10-12-11-5)3-15-7(8)9/h7H,2-3H2,1H3,(H,10,11,12). The van der Waals surface area contributed by atoms with Gasteiger partial charge in [-0.25, -0.2) is 4.79 Å². The molecule has 0 aromatic carbocycles. The highest BCUT2D eigenvalue weighted by Gasteiger charge is 2.18. The van der Waals surface area contributed by atoms with Crippen LogP contribution in [0.15, 0.2) is 0 Å². The van der Waals surface area contributed by atoms with Crippen molar-refractivity contribution in [2.45, 2.75) is 20.1 Å². The number of esters is 1. The van der Waals surface area contributed by atoms with E-state index >= 15 is 0 Å². The number of carbonyl (C=O) groups excluding carboxylic acids is 1. The monoisotopic (exact) mass is 221 g/mol. The van der Waals surface area contributed by atoms with Crippen molar-refractivity contribution in [1.29, 1.82) is 0 Å². The zero-order valence-electron chi connectivity index (χ0n) is 7.87. The maximum absolute atomic E-state index is 11.7. The lowest BCUT2D eigenvalue weighted by Gasteiger charge is -2.01. The van der Waals surface area contributed by atoms with Crippen LogP contribution in [0, 0.1) is 0 Å². The van der Waals surface area contributed by atoms with E-state index in [1.165, 1.54) is 0 Å². The van der Waals surface area contributed by atoms with E-state index in [1.807, 2.05) is 0 Å². The molecule has 0 amide bonds. The largest absolute Gasteiger partial charge is 0.461 e. The SMILES string of the molecule is CCOC(=O)c1n[nH]nc1COC(F)F. The van der Waals surface area contributed by atoms with Gasteiger partial charge >= 0.3 is 12.6 Å². The summed E-state index contributed by atoms with van der Waals surface area (Å²) in [5.41, 5.74) is -0.147. The first-order chi connectivity index (χ1) is 7.15. The van der Waals surface area contributed by atoms with Crippen LogP contribution >= 0.6 is 0 Å². The van der Waals surface area contributed by atoms with Gasteiger partial charge in [0.25, 0.3) is 0 Å². The van der Waals surface area contributed by atoms with Crippen LogP contribution in [-0.2, 0) is 16.1 Å². The summed E-state index contributed by atoms with van der Waals surface area (Å²) >= 11 is 0. The van der Waals surface area contributed by atoms with Crippen molar-refractivity contribution in [3.63, 3.8) is 0 Å². The van der Waals surface area contributed by atoms with Crippen LogP contribution in [0.25, 0.3) is 0 Å². The van der Waals surface area contributed by atoms with Gasteiger partial charge in [-0.05, 0) is 6.92 Å². The molecule has 8 heteroatoms. The zero-order chi connectivity index (χ0) is 11.3. The topological polar surface area (TPSA) is 77.1 Å². The minimum atomic E-state index is -2.92. The van der Waals surface area contributed by atoms with Crippen molar-refractivity contribution >= 4 is 5.97 Å². The number of carbonyl (C=O) groups is 1. The highest BCUT2D eigenvalue weighted by Crippen LogP contribution is 2.07. The summed E-state index contributed by atoms with van der Waals surface area (Å²) in [5, 5.41) is 9.11. The molecule has 0 aliphatic heterocycles. The van der Waals surface area contributed by atoms with Gasteiger partial charge in [0.1, 0.15) is 5.69 Å². The first kappa shape index (κ1) is 11.5. The van der Waals surface area contributed by atoms with E-state index < -0.39 is 19.2 Å². The number of halogens is 2. The van der Waals surface area contributed by atoms with Gasteiger partial charge in [0.2, 0.25) is 0 Å². The van der Waals surface area contributed by atoms with Gasteiger partial charge in [-0.2, -0.15) is 19.1 Å². The molecule has 0 aliphatic rings. The average molecular weight is 221 g/mol. The second kappa shape index (κ2) is 5.35. The van der Waals surface area contributed by atoms with Crippen LogP contribution in [0.5, 0.6) is 0 Å². The molecule has 1 aromatic rings. The van der Waals surface area contributed by atoms with Gasteiger partial charge in [0, 0.05) is 0 Å². The van der Waals surface area contributed by atoms with Crippen molar-refractivity contribution in [3.8, 4) is 0 Å². The predicted octanol–water partition coefficient (Wildman–Crippen LogP) is 0.721. The lowest BCUT2D eigenvalue weighted by Crippen LogP contribution is -2.10. The van der Waals surface area contributed by atoms with Crippen molar-refractivity contribution in [1.82, 2.24) is 15.4 Å². The number of hydrogen-bond acceptors (Lipinski definition) is 5. The molecular formula is C7H9F2N3O3. The minimum absolute atomic E-state index is 0.00579. The molecule has 15 heavy (non-hydrogen) atoms. The molecular weight excluding hydrogens is 212 g/mol. The van der Waals surface area contributed by atoms with E-state index in [-0.39, 0.29) is 18.0 Å². The van der Waals surface area contributed by atoms with E-state index in [0.717, 1.165) is 0 Å². The summed E-state index contributed by atoms with van der Waals surface area (Å²) in [7, 11) is 0. The van der Waals surface area contributed by atoms with Crippen molar-refractivity contribution < 1.29 is 23.0 Å². The number of alkyl halides is 2. The van der Waals surface area contributed by atoms with E-state index in [1.54, 1.807) is 6.92 Å². The van der Waals surface area contributed by atoms with Crippen molar-refractivity contribution in [2.24, 2.45) is 0 Å². The highest BCUT2D eigenvalue weighted by atomic mass is 19.3. The van der Waals surface area contributed by atoms with Crippen molar-refractivity contribution in [2.75, 3.05) is 6.61 Å². The van der Waals surface area contributed by atoms with E-state index in [0.29, 0.717) is 0 Å². The zero-order valence-corrected chi connectivity index (χ0v) is 7.87. The molecule has 0 unspecified atom stereocenters. The molecule has 0 fully saturated rings. The predicted molar refractivity (Wildman–Crippen MR) is 43.1 cm³/mol. The Bertz CT molecular complexity index is 329. The number of aromatic nitrogens is 3. The molecule has 0 aliphatic carbocycles. The van der Waals surface area contributed by atoms with E-state index in [4.69, 9.17) is 0 Å². The first-order valence-electron chi connectivity index (χ1n) is 4.11. The second-order valence-corrected chi connectivity index (χ2v) is 2.41. The van der Waals surface area contributed by atoms with Crippen LogP contribution < -0.4 is 0 Å². The molecule has 0 spiro atoms. The van der Waals surface area contributed by atoms with Gasteiger partial charge < -0.3 is 9.47 Å². The molecule has 6 nitrogen and oxygen atoms in total. The van der Waals surface area contributed by atoms with Crippen LogP contribution in [0.4, 0.5) is 8.78 Å². The molecule has 84 valence electrons. The van der Waals surface area contributed by atoms with Crippen LogP contribution in [0.1, 0.15) is 23.1 Å². The number of aromatic amines is 1. The Morgan fingerprint density at radius 1 is 1.53 bits per heavy atom. The number of hydrogen-bond donors (Lipinski definition) is 1. The van der Waals surface area contributed by atoms with Crippen LogP contribution in [-0.4, -0.2) is 34.6 Å². The number of ether oxygens (including phenoxy) is 2. The van der Waals surface area contributed by atoms with Gasteiger partial charge in [0.15, 0.2) is 5.69 Å². The summed E-state index contributed by atoms with van der Waals surface area (Å²) in [6.45, 7) is -1.63. The Kier molecular flexibility index (Phi) is 4.10. The summed E-state index contributed by atoms with van der Waals surface area (Å²) < 4.78 is 32.0. The van der Waals surface area contributed by atoms with Crippen LogP contribution in [0.2, 0.25) is 0 Å². The van der Waals surface area contributed by atoms with Crippen LogP contribution in [0.3, 0.4) is 0 Å². The lowest BCUT2D eigenvalue weighted by atomic mass is 10.3. The van der Waals surface area contributed by atoms with Gasteiger partial charge in [-0.3, -0.25) is 0 Å². The Balaban J connectivity index is 2.64. The van der Waals surface area contributed by atoms with E-state index in [9.17, 15) is 13.6 Å². The molecule has 0 saturated heterocycles. The molecule has 1 aromatic heterocycles. The van der Waals surface area contributed by atoms with E-state index in [2.05, 4.69) is 24.9 Å². The number of rotatable bonds is 5. The highest BCUT2D eigenvalue weighted by molar-refractivity contribution is 5.88. The molecule has 0 saturated carbocycles. The molecule has 1 rings (SSSR count). The third-order valence-electron chi connectivity index (χ3n) is 1.43. The summed E-state index contributed by atoms with van der Waals surface area (Å²) in [6, 6.07) is 0. The molecule has 1 heterocycles. The van der Waals surface area contributed by atoms with Gasteiger partial charge in [-0.15, -0.1) is 5.10 Å².